The van der Waals surface area contributed by atoms with Crippen LogP contribution in [0.4, 0.5) is 5.82 Å². The van der Waals surface area contributed by atoms with Crippen LogP contribution < -0.4 is 4.31 Å². The number of hydrogen-bond acceptors (Lipinski definition) is 6. The molecule has 0 aliphatic rings. The minimum absolute atomic E-state index is 0.0680. The summed E-state index contributed by atoms with van der Waals surface area (Å²) in [6.45, 7) is -0.0680. The lowest BCUT2D eigenvalue weighted by Crippen LogP contribution is -2.31. The van der Waals surface area contributed by atoms with Gasteiger partial charge >= 0.3 is 5.97 Å². The topological polar surface area (TPSA) is 89.7 Å². The second-order valence-electron chi connectivity index (χ2n) is 5.42. The van der Waals surface area contributed by atoms with Crippen molar-refractivity contribution < 1.29 is 22.4 Å². The summed E-state index contributed by atoms with van der Waals surface area (Å²) in [6.07, 6.45) is 2.94. The van der Waals surface area contributed by atoms with Crippen LogP contribution in [-0.2, 0) is 21.3 Å². The van der Waals surface area contributed by atoms with Crippen LogP contribution in [0.1, 0.15) is 16.1 Å². The highest BCUT2D eigenvalue weighted by molar-refractivity contribution is 7.92. The van der Waals surface area contributed by atoms with E-state index in [4.69, 9.17) is 16.0 Å². The predicted octanol–water partition coefficient (Wildman–Crippen LogP) is 3.51. The van der Waals surface area contributed by atoms with E-state index in [1.165, 1.54) is 37.8 Å². The van der Waals surface area contributed by atoms with E-state index < -0.39 is 16.0 Å². The van der Waals surface area contributed by atoms with Gasteiger partial charge in [-0.25, -0.2) is 22.5 Å². The van der Waals surface area contributed by atoms with E-state index in [0.717, 1.165) is 4.31 Å². The largest absolute Gasteiger partial charge is 0.467 e. The Morgan fingerprint density at radius 3 is 2.63 bits per heavy atom. The van der Waals surface area contributed by atoms with Crippen LogP contribution in [0.25, 0.3) is 0 Å². The number of furan rings is 1. The summed E-state index contributed by atoms with van der Waals surface area (Å²) in [6, 6.07) is 12.1. The molecule has 0 aliphatic carbocycles. The Morgan fingerprint density at radius 2 is 2.04 bits per heavy atom. The molecule has 7 nitrogen and oxygen atoms in total. The summed E-state index contributed by atoms with van der Waals surface area (Å²) < 4.78 is 37.5. The Bertz CT molecular complexity index is 1040. The summed E-state index contributed by atoms with van der Waals surface area (Å²) >= 11 is 6.17. The zero-order valence-electron chi connectivity index (χ0n) is 14.2. The fraction of sp³-hybridized carbons (Fsp3) is 0.111. The van der Waals surface area contributed by atoms with Crippen LogP contribution in [0, 0.1) is 0 Å². The fourth-order valence-corrected chi connectivity index (χ4v) is 4.32. The molecule has 0 fully saturated rings. The SMILES string of the molecule is COC(=O)c1ccc(S(=O)(=O)N(Cc2ccco2)c2ccccn2)c(Cl)c1. The zero-order chi connectivity index (χ0) is 19.4. The summed E-state index contributed by atoms with van der Waals surface area (Å²) in [4.78, 5) is 15.6. The quantitative estimate of drug-likeness (QED) is 0.582. The van der Waals surface area contributed by atoms with E-state index in [1.807, 2.05) is 0 Å². The van der Waals surface area contributed by atoms with E-state index >= 15 is 0 Å². The number of rotatable bonds is 6. The second kappa shape index (κ2) is 7.81. The highest BCUT2D eigenvalue weighted by atomic mass is 35.5. The number of nitrogens with zero attached hydrogens (tertiary/aromatic N) is 2. The third kappa shape index (κ3) is 3.96. The number of carbonyl (C=O) groups is 1. The van der Waals surface area contributed by atoms with Gasteiger partial charge in [0.15, 0.2) is 0 Å². The molecule has 0 N–H and O–H groups in total. The standard InChI is InChI=1S/C18H15ClN2O5S/c1-25-18(22)13-7-8-16(15(19)11-13)27(23,24)21(12-14-5-4-10-26-14)17-6-2-3-9-20-17/h2-11H,12H2,1H3. The Morgan fingerprint density at radius 1 is 1.22 bits per heavy atom. The van der Waals surface area contributed by atoms with Gasteiger partial charge in [0.1, 0.15) is 16.5 Å². The Labute approximate surface area is 161 Å². The van der Waals surface area contributed by atoms with E-state index in [9.17, 15) is 13.2 Å². The van der Waals surface area contributed by atoms with Crippen molar-refractivity contribution in [1.82, 2.24) is 4.98 Å². The zero-order valence-corrected chi connectivity index (χ0v) is 15.8. The lowest BCUT2D eigenvalue weighted by Gasteiger charge is -2.23. The molecule has 0 saturated heterocycles. The lowest BCUT2D eigenvalue weighted by atomic mass is 10.2. The van der Waals surface area contributed by atoms with Gasteiger partial charge in [0.2, 0.25) is 0 Å². The third-order valence-electron chi connectivity index (χ3n) is 3.71. The highest BCUT2D eigenvalue weighted by Gasteiger charge is 2.29. The molecule has 0 unspecified atom stereocenters. The van der Waals surface area contributed by atoms with E-state index in [1.54, 1.807) is 30.3 Å². The number of aromatic nitrogens is 1. The number of sulfonamides is 1. The van der Waals surface area contributed by atoms with Crippen molar-refractivity contribution in [1.29, 1.82) is 0 Å². The van der Waals surface area contributed by atoms with Crippen LogP contribution in [0.15, 0.2) is 70.3 Å². The van der Waals surface area contributed by atoms with Gasteiger partial charge in [-0.2, -0.15) is 0 Å². The second-order valence-corrected chi connectivity index (χ2v) is 7.65. The number of ether oxygens (including phenoxy) is 1. The maximum absolute atomic E-state index is 13.3. The average molecular weight is 407 g/mol. The summed E-state index contributed by atoms with van der Waals surface area (Å²) in [5.74, 6) is 0.0339. The Hall–Kier alpha value is -2.84. The number of anilines is 1. The van der Waals surface area contributed by atoms with Crippen LogP contribution >= 0.6 is 11.6 Å². The monoisotopic (exact) mass is 406 g/mol. The minimum Gasteiger partial charge on any atom is -0.467 e. The van der Waals surface area contributed by atoms with Gasteiger partial charge in [-0.05, 0) is 42.5 Å². The van der Waals surface area contributed by atoms with Crippen molar-refractivity contribution in [3.63, 3.8) is 0 Å². The van der Waals surface area contributed by atoms with Gasteiger partial charge < -0.3 is 9.15 Å². The molecule has 0 aliphatic heterocycles. The molecule has 2 heterocycles. The third-order valence-corrected chi connectivity index (χ3v) is 5.94. The average Bonchev–Trinajstić information content (AvgIpc) is 3.19. The Balaban J connectivity index is 2.06. The van der Waals surface area contributed by atoms with Crippen LogP contribution in [0.5, 0.6) is 0 Å². The first-order valence-corrected chi connectivity index (χ1v) is 9.59. The number of esters is 1. The molecular formula is C18H15ClN2O5S. The van der Waals surface area contributed by atoms with Gasteiger partial charge in [-0.15, -0.1) is 0 Å². The number of hydrogen-bond donors (Lipinski definition) is 0. The lowest BCUT2D eigenvalue weighted by molar-refractivity contribution is 0.0600. The molecular weight excluding hydrogens is 392 g/mol. The van der Waals surface area contributed by atoms with Crippen molar-refractivity contribution in [2.24, 2.45) is 0 Å². The van der Waals surface area contributed by atoms with Crippen LogP contribution in [0.2, 0.25) is 5.02 Å². The molecule has 2 aromatic heterocycles. The van der Waals surface area contributed by atoms with Gasteiger partial charge in [-0.3, -0.25) is 0 Å². The first kappa shape index (κ1) is 18.9. The van der Waals surface area contributed by atoms with Crippen LogP contribution in [-0.4, -0.2) is 26.5 Å². The highest BCUT2D eigenvalue weighted by Crippen LogP contribution is 2.30. The summed E-state index contributed by atoms with van der Waals surface area (Å²) in [7, 11) is -2.85. The van der Waals surface area contributed by atoms with Crippen molar-refractivity contribution in [2.45, 2.75) is 11.4 Å². The molecule has 0 amide bonds. The van der Waals surface area contributed by atoms with Gasteiger partial charge in [0.25, 0.3) is 10.0 Å². The summed E-state index contributed by atoms with van der Waals surface area (Å²) in [5, 5.41) is -0.0988. The van der Waals surface area contributed by atoms with E-state index in [-0.39, 0.29) is 27.8 Å². The Kier molecular flexibility index (Phi) is 5.48. The first-order chi connectivity index (χ1) is 12.9. The van der Waals surface area contributed by atoms with Crippen molar-refractivity contribution >= 4 is 33.4 Å². The molecule has 27 heavy (non-hydrogen) atoms. The van der Waals surface area contributed by atoms with Crippen molar-refractivity contribution in [3.05, 3.63) is 77.3 Å². The minimum atomic E-state index is -4.08. The molecule has 9 heteroatoms. The molecule has 0 spiro atoms. The van der Waals surface area contributed by atoms with Gasteiger partial charge in [0.05, 0.1) is 30.5 Å². The molecule has 3 aromatic rings. The van der Waals surface area contributed by atoms with Crippen molar-refractivity contribution in [3.8, 4) is 0 Å². The number of benzene rings is 1. The molecule has 140 valence electrons. The maximum atomic E-state index is 13.3. The number of methoxy groups -OCH3 is 1. The molecule has 0 bridgehead atoms. The number of halogens is 1. The van der Waals surface area contributed by atoms with E-state index in [2.05, 4.69) is 9.72 Å². The summed E-state index contributed by atoms with van der Waals surface area (Å²) in [5.41, 5.74) is 0.150. The normalized spacial score (nSPS) is 11.2. The molecule has 0 saturated carbocycles. The maximum Gasteiger partial charge on any atom is 0.337 e. The molecule has 0 atom stereocenters. The fourth-order valence-electron chi connectivity index (χ4n) is 2.41. The van der Waals surface area contributed by atoms with Crippen LogP contribution in [0.3, 0.4) is 0 Å². The molecule has 3 rings (SSSR count). The van der Waals surface area contributed by atoms with Gasteiger partial charge in [0, 0.05) is 6.20 Å². The predicted molar refractivity (Wildman–Crippen MR) is 99.1 cm³/mol. The first-order valence-electron chi connectivity index (χ1n) is 7.77. The van der Waals surface area contributed by atoms with Gasteiger partial charge in [-0.1, -0.05) is 17.7 Å². The molecule has 0 radical (unpaired) electrons. The van der Waals surface area contributed by atoms with E-state index in [0.29, 0.717) is 5.76 Å². The van der Waals surface area contributed by atoms with Crippen molar-refractivity contribution in [2.75, 3.05) is 11.4 Å². The number of carbonyl (C=O) groups excluding carboxylic acids is 1. The smallest absolute Gasteiger partial charge is 0.337 e. The number of pyridine rings is 1. The molecule has 1 aromatic carbocycles.